The van der Waals surface area contributed by atoms with Crippen molar-refractivity contribution >= 4 is 11.7 Å². The first-order valence-corrected chi connectivity index (χ1v) is 11.5. The molecule has 0 N–H and O–H groups in total. The molecule has 1 saturated carbocycles. The molecule has 0 unspecified atom stereocenters. The topological polar surface area (TPSA) is 61.8 Å². The summed E-state index contributed by atoms with van der Waals surface area (Å²) in [6, 6.07) is 2.80. The van der Waals surface area contributed by atoms with Crippen LogP contribution in [0.5, 0.6) is 0 Å². The fraction of sp³-hybridized carbons (Fsp3) is 0.773. The summed E-state index contributed by atoms with van der Waals surface area (Å²) in [5, 5.41) is 0. The highest BCUT2D eigenvalue weighted by Gasteiger charge is 2.34. The number of ether oxygens (including phenoxy) is 1. The van der Waals surface area contributed by atoms with Crippen LogP contribution in [0.2, 0.25) is 0 Å². The van der Waals surface area contributed by atoms with E-state index in [-0.39, 0.29) is 5.92 Å². The molecule has 1 amide bonds. The van der Waals surface area contributed by atoms with E-state index in [9.17, 15) is 4.79 Å². The van der Waals surface area contributed by atoms with Gasteiger partial charge in [0.2, 0.25) is 5.91 Å². The van der Waals surface area contributed by atoms with Crippen LogP contribution < -0.4 is 4.90 Å². The SMILES string of the molecule is O=C([C@@H]1CCCN(C2CCN(c3cc(C4CC4)ncn3)CC2)C1)N1CCOCC1. The van der Waals surface area contributed by atoms with Crippen LogP contribution in [0.4, 0.5) is 5.82 Å². The third-order valence-electron chi connectivity index (χ3n) is 7.10. The Hall–Kier alpha value is -1.73. The molecule has 0 bridgehead atoms. The van der Waals surface area contributed by atoms with Gasteiger partial charge in [-0.05, 0) is 45.1 Å². The van der Waals surface area contributed by atoms with Crippen LogP contribution in [-0.2, 0) is 9.53 Å². The van der Waals surface area contributed by atoms with Gasteiger partial charge in [0.05, 0.1) is 19.1 Å². The fourth-order valence-corrected chi connectivity index (χ4v) is 5.18. The van der Waals surface area contributed by atoms with Crippen molar-refractivity contribution in [2.45, 2.75) is 50.5 Å². The maximum absolute atomic E-state index is 12.9. The molecular formula is C22H33N5O2. The molecule has 3 saturated heterocycles. The zero-order chi connectivity index (χ0) is 19.6. The van der Waals surface area contributed by atoms with Gasteiger partial charge in [-0.3, -0.25) is 9.69 Å². The molecule has 4 fully saturated rings. The van der Waals surface area contributed by atoms with Crippen LogP contribution in [0.3, 0.4) is 0 Å². The number of hydrogen-bond donors (Lipinski definition) is 0. The van der Waals surface area contributed by atoms with Crippen molar-refractivity contribution in [1.82, 2.24) is 19.8 Å². The maximum Gasteiger partial charge on any atom is 0.227 e. The molecule has 1 aromatic heterocycles. The second-order valence-corrected chi connectivity index (χ2v) is 9.07. The Balaban J connectivity index is 1.15. The largest absolute Gasteiger partial charge is 0.378 e. The smallest absolute Gasteiger partial charge is 0.227 e. The molecule has 29 heavy (non-hydrogen) atoms. The highest BCUT2D eigenvalue weighted by molar-refractivity contribution is 5.79. The first-order valence-electron chi connectivity index (χ1n) is 11.5. The van der Waals surface area contributed by atoms with E-state index in [1.165, 1.54) is 18.5 Å². The number of anilines is 1. The Morgan fingerprint density at radius 2 is 1.76 bits per heavy atom. The van der Waals surface area contributed by atoms with Crippen LogP contribution in [0.1, 0.15) is 50.1 Å². The number of nitrogens with zero attached hydrogens (tertiary/aromatic N) is 5. The van der Waals surface area contributed by atoms with Crippen molar-refractivity contribution in [2.75, 3.05) is 57.4 Å². The Labute approximate surface area is 173 Å². The van der Waals surface area contributed by atoms with Crippen LogP contribution in [0.25, 0.3) is 0 Å². The van der Waals surface area contributed by atoms with Gasteiger partial charge >= 0.3 is 0 Å². The lowest BCUT2D eigenvalue weighted by Gasteiger charge is -2.43. The van der Waals surface area contributed by atoms with Crippen molar-refractivity contribution in [3.63, 3.8) is 0 Å². The molecule has 0 radical (unpaired) electrons. The number of carbonyl (C=O) groups excluding carboxylic acids is 1. The second kappa shape index (κ2) is 8.56. The normalized spacial score (nSPS) is 27.2. The highest BCUT2D eigenvalue weighted by Crippen LogP contribution is 2.39. The lowest BCUT2D eigenvalue weighted by atomic mass is 9.92. The van der Waals surface area contributed by atoms with E-state index in [4.69, 9.17) is 4.74 Å². The molecule has 158 valence electrons. The molecule has 5 rings (SSSR count). The predicted octanol–water partition coefficient (Wildman–Crippen LogP) is 1.89. The lowest BCUT2D eigenvalue weighted by Crippen LogP contribution is -2.52. The summed E-state index contributed by atoms with van der Waals surface area (Å²) in [5.41, 5.74) is 1.22. The van der Waals surface area contributed by atoms with Gasteiger partial charge in [0.25, 0.3) is 0 Å². The molecule has 7 heteroatoms. The van der Waals surface area contributed by atoms with Gasteiger partial charge in [0.1, 0.15) is 12.1 Å². The molecule has 4 aliphatic rings. The molecule has 0 aromatic carbocycles. The number of morpholine rings is 1. The van der Waals surface area contributed by atoms with Crippen LogP contribution in [0, 0.1) is 5.92 Å². The zero-order valence-corrected chi connectivity index (χ0v) is 17.3. The monoisotopic (exact) mass is 399 g/mol. The first-order chi connectivity index (χ1) is 14.3. The van der Waals surface area contributed by atoms with Gasteiger partial charge in [-0.1, -0.05) is 0 Å². The number of hydrogen-bond acceptors (Lipinski definition) is 6. The van der Waals surface area contributed by atoms with Gasteiger partial charge in [-0.2, -0.15) is 0 Å². The van der Waals surface area contributed by atoms with E-state index in [1.807, 2.05) is 4.90 Å². The summed E-state index contributed by atoms with van der Waals surface area (Å²) in [7, 11) is 0. The van der Waals surface area contributed by atoms with Crippen molar-refractivity contribution < 1.29 is 9.53 Å². The van der Waals surface area contributed by atoms with E-state index in [0.29, 0.717) is 31.1 Å². The van der Waals surface area contributed by atoms with Crippen molar-refractivity contribution in [3.8, 4) is 0 Å². The summed E-state index contributed by atoms with van der Waals surface area (Å²) >= 11 is 0. The third kappa shape index (κ3) is 4.40. The Bertz CT molecular complexity index is 711. The maximum atomic E-state index is 12.9. The summed E-state index contributed by atoms with van der Waals surface area (Å²) in [6.45, 7) is 7.05. The van der Waals surface area contributed by atoms with E-state index in [0.717, 1.165) is 70.8 Å². The van der Waals surface area contributed by atoms with Crippen molar-refractivity contribution in [3.05, 3.63) is 18.1 Å². The number of piperidine rings is 2. The summed E-state index contributed by atoms with van der Waals surface area (Å²) in [6.07, 6.45) is 8.77. The average molecular weight is 400 g/mol. The predicted molar refractivity (Wildman–Crippen MR) is 111 cm³/mol. The van der Waals surface area contributed by atoms with E-state index in [1.54, 1.807) is 6.33 Å². The number of rotatable bonds is 4. The summed E-state index contributed by atoms with van der Waals surface area (Å²) < 4.78 is 5.41. The molecular weight excluding hydrogens is 366 g/mol. The molecule has 3 aliphatic heterocycles. The minimum absolute atomic E-state index is 0.169. The number of amides is 1. The van der Waals surface area contributed by atoms with Crippen LogP contribution in [0.15, 0.2) is 12.4 Å². The standard InChI is InChI=1S/C22H33N5O2/c28-22(26-10-12-29-13-11-26)18-2-1-7-27(15-18)19-5-8-25(9-6-19)21-14-20(17-3-4-17)23-16-24-21/h14,16-19H,1-13,15H2/t18-/m1/s1. The minimum atomic E-state index is 0.169. The highest BCUT2D eigenvalue weighted by atomic mass is 16.5. The minimum Gasteiger partial charge on any atom is -0.378 e. The van der Waals surface area contributed by atoms with Gasteiger partial charge < -0.3 is 14.5 Å². The van der Waals surface area contributed by atoms with Gasteiger partial charge in [0.15, 0.2) is 0 Å². The van der Waals surface area contributed by atoms with E-state index < -0.39 is 0 Å². The molecule has 4 heterocycles. The van der Waals surface area contributed by atoms with Gasteiger partial charge in [0, 0.05) is 56.4 Å². The number of aromatic nitrogens is 2. The molecule has 1 atom stereocenters. The lowest BCUT2D eigenvalue weighted by molar-refractivity contribution is -0.141. The first kappa shape index (κ1) is 19.2. The molecule has 1 aromatic rings. The molecule has 0 spiro atoms. The van der Waals surface area contributed by atoms with Crippen molar-refractivity contribution in [1.29, 1.82) is 0 Å². The molecule has 1 aliphatic carbocycles. The van der Waals surface area contributed by atoms with Gasteiger partial charge in [-0.15, -0.1) is 0 Å². The zero-order valence-electron chi connectivity index (χ0n) is 17.3. The number of carbonyl (C=O) groups is 1. The summed E-state index contributed by atoms with van der Waals surface area (Å²) in [4.78, 5) is 29.0. The average Bonchev–Trinajstić information content (AvgIpc) is 3.65. The van der Waals surface area contributed by atoms with E-state index >= 15 is 0 Å². The number of likely N-dealkylation sites (tertiary alicyclic amines) is 1. The van der Waals surface area contributed by atoms with Gasteiger partial charge in [-0.25, -0.2) is 9.97 Å². The fourth-order valence-electron chi connectivity index (χ4n) is 5.18. The Kier molecular flexibility index (Phi) is 5.68. The molecule has 7 nitrogen and oxygen atoms in total. The van der Waals surface area contributed by atoms with Crippen LogP contribution in [-0.4, -0.2) is 84.2 Å². The Morgan fingerprint density at radius 3 is 2.52 bits per heavy atom. The second-order valence-electron chi connectivity index (χ2n) is 9.07. The quantitative estimate of drug-likeness (QED) is 0.771. The van der Waals surface area contributed by atoms with Crippen LogP contribution >= 0.6 is 0 Å². The Morgan fingerprint density at radius 1 is 0.966 bits per heavy atom. The third-order valence-corrected chi connectivity index (χ3v) is 7.10. The summed E-state index contributed by atoms with van der Waals surface area (Å²) in [5.74, 6) is 2.29. The van der Waals surface area contributed by atoms with Crippen molar-refractivity contribution in [2.24, 2.45) is 5.92 Å². The van der Waals surface area contributed by atoms with E-state index in [2.05, 4.69) is 25.8 Å².